The molecule has 0 spiro atoms. The van der Waals surface area contributed by atoms with Gasteiger partial charge < -0.3 is 24.8 Å². The molecule has 4 heterocycles. The Morgan fingerprint density at radius 3 is 2.81 bits per heavy atom. The van der Waals surface area contributed by atoms with Crippen LogP contribution in [-0.2, 0) is 13.0 Å². The van der Waals surface area contributed by atoms with E-state index in [1.54, 1.807) is 0 Å². The number of anilines is 2. The fourth-order valence-electron chi connectivity index (χ4n) is 5.88. The Labute approximate surface area is 222 Å². The van der Waals surface area contributed by atoms with Crippen LogP contribution in [-0.4, -0.2) is 80.0 Å². The SMILES string of the molecule is CN1CCC[C@H]1COc1nc2c(c(N3CCNCC(F)C3)n1)CCN(c1cccc3cccc(Cl)c13)C2. The number of ether oxygens (including phenoxy) is 1. The summed E-state index contributed by atoms with van der Waals surface area (Å²) in [4.78, 5) is 16.5. The van der Waals surface area contributed by atoms with E-state index in [4.69, 9.17) is 26.3 Å². The Kier molecular flexibility index (Phi) is 7.06. The summed E-state index contributed by atoms with van der Waals surface area (Å²) in [5.74, 6) is 0.821. The largest absolute Gasteiger partial charge is 0.462 e. The first kappa shape index (κ1) is 24.6. The molecular weight excluding hydrogens is 491 g/mol. The van der Waals surface area contributed by atoms with Crippen molar-refractivity contribution in [3.05, 3.63) is 52.7 Å². The van der Waals surface area contributed by atoms with Crippen molar-refractivity contribution in [1.29, 1.82) is 0 Å². The van der Waals surface area contributed by atoms with Gasteiger partial charge in [-0.15, -0.1) is 0 Å². The molecule has 196 valence electrons. The standard InChI is InChI=1S/C28H34ClFN6O/c1-34-12-4-7-21(34)18-37-28-32-24-17-35(25-9-3-6-19-5-2-8-23(29)26(19)25)13-10-22(24)27(33-28)36-14-11-31-15-20(30)16-36/h2-3,5-6,8-9,20-21,31H,4,7,10-18H2,1H3/t20?,21-/m0/s1. The highest BCUT2D eigenvalue weighted by atomic mass is 35.5. The number of hydrogen-bond acceptors (Lipinski definition) is 7. The van der Waals surface area contributed by atoms with Crippen LogP contribution in [0.1, 0.15) is 24.1 Å². The van der Waals surface area contributed by atoms with Crippen molar-refractivity contribution < 1.29 is 9.13 Å². The second kappa shape index (κ2) is 10.6. The van der Waals surface area contributed by atoms with Gasteiger partial charge in [-0.25, -0.2) is 4.39 Å². The lowest BCUT2D eigenvalue weighted by molar-refractivity contribution is 0.187. The van der Waals surface area contributed by atoms with E-state index in [1.165, 1.54) is 6.42 Å². The predicted molar refractivity (Wildman–Crippen MR) is 147 cm³/mol. The van der Waals surface area contributed by atoms with E-state index >= 15 is 0 Å². The summed E-state index contributed by atoms with van der Waals surface area (Å²) >= 11 is 6.65. The third kappa shape index (κ3) is 5.07. The smallest absolute Gasteiger partial charge is 0.318 e. The summed E-state index contributed by atoms with van der Waals surface area (Å²) in [5, 5.41) is 6.12. The monoisotopic (exact) mass is 524 g/mol. The van der Waals surface area contributed by atoms with Gasteiger partial charge in [-0.2, -0.15) is 9.97 Å². The number of halogens is 2. The Balaban J connectivity index is 1.35. The van der Waals surface area contributed by atoms with Crippen molar-refractivity contribution in [2.24, 2.45) is 0 Å². The van der Waals surface area contributed by atoms with Crippen LogP contribution in [0.15, 0.2) is 36.4 Å². The maximum atomic E-state index is 14.6. The molecular formula is C28H34ClFN6O. The van der Waals surface area contributed by atoms with E-state index < -0.39 is 6.17 Å². The van der Waals surface area contributed by atoms with Gasteiger partial charge in [0.05, 0.1) is 23.8 Å². The second-order valence-corrected chi connectivity index (χ2v) is 10.8. The lowest BCUT2D eigenvalue weighted by Gasteiger charge is -2.34. The fraction of sp³-hybridized carbons (Fsp3) is 0.500. The Bertz CT molecular complexity index is 1270. The maximum Gasteiger partial charge on any atom is 0.318 e. The van der Waals surface area contributed by atoms with Crippen molar-refractivity contribution in [2.75, 3.05) is 62.7 Å². The number of nitrogens with one attached hydrogen (secondary N) is 1. The normalized spacial score (nSPS) is 22.8. The summed E-state index contributed by atoms with van der Waals surface area (Å²) in [6.45, 7) is 5.21. The first-order chi connectivity index (χ1) is 18.1. The zero-order chi connectivity index (χ0) is 25.4. The first-order valence-electron chi connectivity index (χ1n) is 13.3. The highest BCUT2D eigenvalue weighted by Crippen LogP contribution is 2.37. The third-order valence-electron chi connectivity index (χ3n) is 7.91. The summed E-state index contributed by atoms with van der Waals surface area (Å²) in [6, 6.07) is 13.1. The molecule has 1 aromatic heterocycles. The van der Waals surface area contributed by atoms with Gasteiger partial charge in [-0.1, -0.05) is 35.9 Å². The van der Waals surface area contributed by atoms with Crippen molar-refractivity contribution in [2.45, 2.75) is 38.0 Å². The van der Waals surface area contributed by atoms with Crippen LogP contribution in [0, 0.1) is 0 Å². The molecule has 7 nitrogen and oxygen atoms in total. The molecule has 2 atom stereocenters. The molecule has 37 heavy (non-hydrogen) atoms. The minimum atomic E-state index is -0.942. The predicted octanol–water partition coefficient (Wildman–Crippen LogP) is 4.07. The molecule has 0 saturated carbocycles. The quantitative estimate of drug-likeness (QED) is 0.540. The number of benzene rings is 2. The van der Waals surface area contributed by atoms with Crippen LogP contribution in [0.4, 0.5) is 15.9 Å². The zero-order valence-electron chi connectivity index (χ0n) is 21.3. The average Bonchev–Trinajstić information content (AvgIpc) is 3.19. The molecule has 0 aliphatic carbocycles. The Hall–Kier alpha value is -2.68. The lowest BCUT2D eigenvalue weighted by Crippen LogP contribution is -2.37. The van der Waals surface area contributed by atoms with Gasteiger partial charge in [0.15, 0.2) is 0 Å². The van der Waals surface area contributed by atoms with Gasteiger partial charge in [0.1, 0.15) is 18.6 Å². The van der Waals surface area contributed by atoms with Crippen LogP contribution < -0.4 is 19.9 Å². The van der Waals surface area contributed by atoms with Crippen molar-refractivity contribution >= 4 is 33.9 Å². The van der Waals surface area contributed by atoms with Gasteiger partial charge in [0.25, 0.3) is 0 Å². The van der Waals surface area contributed by atoms with Gasteiger partial charge in [-0.05, 0) is 50.4 Å². The number of rotatable bonds is 5. The number of aromatic nitrogens is 2. The van der Waals surface area contributed by atoms with E-state index in [2.05, 4.69) is 51.3 Å². The lowest BCUT2D eigenvalue weighted by atomic mass is 10.0. The molecule has 3 aliphatic rings. The molecule has 1 N–H and O–H groups in total. The molecule has 9 heteroatoms. The van der Waals surface area contributed by atoms with Crippen LogP contribution in [0.5, 0.6) is 6.01 Å². The maximum absolute atomic E-state index is 14.6. The molecule has 2 aromatic carbocycles. The summed E-state index contributed by atoms with van der Waals surface area (Å²) in [7, 11) is 2.14. The molecule has 0 bridgehead atoms. The molecule has 3 aromatic rings. The first-order valence-corrected chi connectivity index (χ1v) is 13.7. The summed E-state index contributed by atoms with van der Waals surface area (Å²) < 4.78 is 20.8. The topological polar surface area (TPSA) is 56.8 Å². The fourth-order valence-corrected chi connectivity index (χ4v) is 6.16. The van der Waals surface area contributed by atoms with E-state index in [0.717, 1.165) is 71.0 Å². The number of fused-ring (bicyclic) bond motifs is 2. The van der Waals surface area contributed by atoms with Gasteiger partial charge in [-0.3, -0.25) is 0 Å². The number of likely N-dealkylation sites (N-methyl/N-ethyl adjacent to an activating group) is 1. The van der Waals surface area contributed by atoms with Crippen LogP contribution in [0.25, 0.3) is 10.8 Å². The van der Waals surface area contributed by atoms with E-state index in [-0.39, 0.29) is 0 Å². The molecule has 1 unspecified atom stereocenters. The summed E-state index contributed by atoms with van der Waals surface area (Å²) in [5.41, 5.74) is 3.15. The molecule has 2 saturated heterocycles. The van der Waals surface area contributed by atoms with Gasteiger partial charge in [0, 0.05) is 48.9 Å². The van der Waals surface area contributed by atoms with Crippen molar-refractivity contribution in [3.63, 3.8) is 0 Å². The molecule has 0 amide bonds. The van der Waals surface area contributed by atoms with E-state index in [0.29, 0.717) is 44.8 Å². The number of alkyl halides is 1. The van der Waals surface area contributed by atoms with Crippen LogP contribution in [0.2, 0.25) is 5.02 Å². The molecule has 0 radical (unpaired) electrons. The summed E-state index contributed by atoms with van der Waals surface area (Å²) in [6.07, 6.45) is 2.13. The Morgan fingerprint density at radius 2 is 1.97 bits per heavy atom. The third-order valence-corrected chi connectivity index (χ3v) is 8.23. The van der Waals surface area contributed by atoms with Crippen molar-refractivity contribution in [3.8, 4) is 6.01 Å². The minimum Gasteiger partial charge on any atom is -0.462 e. The van der Waals surface area contributed by atoms with Gasteiger partial charge >= 0.3 is 6.01 Å². The number of nitrogens with zero attached hydrogens (tertiary/aromatic N) is 5. The molecule has 2 fully saturated rings. The minimum absolute atomic E-state index is 0.323. The van der Waals surface area contributed by atoms with Crippen LogP contribution >= 0.6 is 11.6 Å². The number of likely N-dealkylation sites (tertiary alicyclic amines) is 1. The van der Waals surface area contributed by atoms with Gasteiger partial charge in [0.2, 0.25) is 0 Å². The second-order valence-electron chi connectivity index (χ2n) is 10.4. The molecule has 6 rings (SSSR count). The number of hydrogen-bond donors (Lipinski definition) is 1. The highest BCUT2D eigenvalue weighted by Gasteiger charge is 2.29. The average molecular weight is 525 g/mol. The van der Waals surface area contributed by atoms with E-state index in [1.807, 2.05) is 12.1 Å². The molecule has 3 aliphatic heterocycles. The van der Waals surface area contributed by atoms with Crippen molar-refractivity contribution in [1.82, 2.24) is 20.2 Å². The Morgan fingerprint density at radius 1 is 1.11 bits per heavy atom. The highest BCUT2D eigenvalue weighted by molar-refractivity contribution is 6.36. The zero-order valence-corrected chi connectivity index (χ0v) is 22.1. The van der Waals surface area contributed by atoms with Crippen LogP contribution in [0.3, 0.4) is 0 Å². The van der Waals surface area contributed by atoms with E-state index in [9.17, 15) is 4.39 Å².